The molecule has 2 aromatic heterocycles. The fourth-order valence-corrected chi connectivity index (χ4v) is 2.35. The van der Waals surface area contributed by atoms with Crippen molar-refractivity contribution in [3.05, 3.63) is 60.2 Å². The summed E-state index contributed by atoms with van der Waals surface area (Å²) in [6.07, 6.45) is 10.5. The molecule has 2 nitrogen and oxygen atoms in total. The van der Waals surface area contributed by atoms with Gasteiger partial charge in [0.1, 0.15) is 0 Å². The first kappa shape index (κ1) is 8.60. The normalized spacial score (nSPS) is 18.8. The number of aromatic nitrogens is 2. The van der Waals surface area contributed by atoms with E-state index in [9.17, 15) is 0 Å². The van der Waals surface area contributed by atoms with Gasteiger partial charge in [0, 0.05) is 36.5 Å². The van der Waals surface area contributed by atoms with Gasteiger partial charge < -0.3 is 0 Å². The third-order valence-corrected chi connectivity index (χ3v) is 3.09. The molecule has 1 aliphatic rings. The number of hydrogen-bond donors (Lipinski definition) is 0. The minimum Gasteiger partial charge on any atom is -0.264 e. The lowest BCUT2D eigenvalue weighted by molar-refractivity contribution is -0.713. The topological polar surface area (TPSA) is 16.8 Å². The number of rotatable bonds is 1. The lowest BCUT2D eigenvalue weighted by atomic mass is 10.1. The second-order valence-corrected chi connectivity index (χ2v) is 3.95. The maximum Gasteiger partial charge on any atom is 0.184 e. The van der Waals surface area contributed by atoms with Gasteiger partial charge in [-0.3, -0.25) is 4.98 Å². The lowest BCUT2D eigenvalue weighted by Gasteiger charge is -2.05. The standard InChI is InChI=1S/C13H13N2/c1-2-8-15(9-3-1)13-5-4-11-10-14-7-6-12(11)13/h1-3,6-10,13H,4-5H2/q+1. The van der Waals surface area contributed by atoms with Gasteiger partial charge in [-0.2, -0.15) is 4.57 Å². The summed E-state index contributed by atoms with van der Waals surface area (Å²) in [6, 6.07) is 8.87. The molecule has 74 valence electrons. The van der Waals surface area contributed by atoms with Gasteiger partial charge in [0.15, 0.2) is 18.4 Å². The first-order valence-electron chi connectivity index (χ1n) is 5.34. The zero-order valence-electron chi connectivity index (χ0n) is 8.50. The van der Waals surface area contributed by atoms with Crippen LogP contribution in [-0.2, 0) is 6.42 Å². The van der Waals surface area contributed by atoms with Crippen LogP contribution in [0.25, 0.3) is 0 Å². The molecular formula is C13H13N2+. The highest BCUT2D eigenvalue weighted by Crippen LogP contribution is 2.29. The van der Waals surface area contributed by atoms with Gasteiger partial charge in [-0.15, -0.1) is 0 Å². The van der Waals surface area contributed by atoms with Crippen LogP contribution in [0.15, 0.2) is 49.1 Å². The molecule has 15 heavy (non-hydrogen) atoms. The van der Waals surface area contributed by atoms with Gasteiger partial charge in [-0.25, -0.2) is 0 Å². The van der Waals surface area contributed by atoms with Crippen molar-refractivity contribution < 1.29 is 4.57 Å². The highest BCUT2D eigenvalue weighted by molar-refractivity contribution is 5.29. The summed E-state index contributed by atoms with van der Waals surface area (Å²) < 4.78 is 2.28. The Morgan fingerprint density at radius 2 is 2.07 bits per heavy atom. The van der Waals surface area contributed by atoms with E-state index in [4.69, 9.17) is 0 Å². The fourth-order valence-electron chi connectivity index (χ4n) is 2.35. The molecule has 2 heterocycles. The van der Waals surface area contributed by atoms with E-state index in [1.807, 2.05) is 12.4 Å². The molecule has 0 spiro atoms. The average molecular weight is 197 g/mol. The van der Waals surface area contributed by atoms with Crippen LogP contribution in [0.3, 0.4) is 0 Å². The Kier molecular flexibility index (Phi) is 1.98. The molecule has 0 radical (unpaired) electrons. The van der Waals surface area contributed by atoms with Crippen molar-refractivity contribution in [2.45, 2.75) is 18.9 Å². The molecule has 2 heteroatoms. The van der Waals surface area contributed by atoms with Crippen molar-refractivity contribution in [3.8, 4) is 0 Å². The van der Waals surface area contributed by atoms with E-state index in [0.717, 1.165) is 6.42 Å². The molecule has 1 atom stereocenters. The van der Waals surface area contributed by atoms with E-state index in [-0.39, 0.29) is 0 Å². The number of fused-ring (bicyclic) bond motifs is 1. The van der Waals surface area contributed by atoms with Gasteiger partial charge in [-0.05, 0) is 18.1 Å². The number of nitrogens with zero attached hydrogens (tertiary/aromatic N) is 2. The van der Waals surface area contributed by atoms with E-state index in [2.05, 4.69) is 46.2 Å². The van der Waals surface area contributed by atoms with Gasteiger partial charge in [0.2, 0.25) is 0 Å². The smallest absolute Gasteiger partial charge is 0.184 e. The van der Waals surface area contributed by atoms with Gasteiger partial charge in [0.25, 0.3) is 0 Å². The average Bonchev–Trinajstić information content (AvgIpc) is 2.74. The SMILES string of the molecule is c1cc[n+](C2CCc3cnccc32)cc1. The predicted molar refractivity (Wildman–Crippen MR) is 57.3 cm³/mol. The largest absolute Gasteiger partial charge is 0.264 e. The van der Waals surface area contributed by atoms with E-state index in [1.165, 1.54) is 17.5 Å². The molecule has 0 aliphatic heterocycles. The molecule has 0 saturated heterocycles. The second-order valence-electron chi connectivity index (χ2n) is 3.95. The minimum absolute atomic E-state index is 0.504. The van der Waals surface area contributed by atoms with Crippen LogP contribution >= 0.6 is 0 Å². The van der Waals surface area contributed by atoms with Crippen molar-refractivity contribution in [3.63, 3.8) is 0 Å². The third kappa shape index (κ3) is 1.42. The Balaban J connectivity index is 2.05. The number of pyridine rings is 2. The molecule has 1 aliphatic carbocycles. The number of aryl methyl sites for hydroxylation is 1. The van der Waals surface area contributed by atoms with E-state index in [1.54, 1.807) is 0 Å². The summed E-state index contributed by atoms with van der Waals surface area (Å²) in [7, 11) is 0. The first-order valence-corrected chi connectivity index (χ1v) is 5.34. The van der Waals surface area contributed by atoms with Crippen LogP contribution in [0.5, 0.6) is 0 Å². The monoisotopic (exact) mass is 197 g/mol. The van der Waals surface area contributed by atoms with Crippen molar-refractivity contribution in [2.75, 3.05) is 0 Å². The van der Waals surface area contributed by atoms with Gasteiger partial charge >= 0.3 is 0 Å². The van der Waals surface area contributed by atoms with E-state index < -0.39 is 0 Å². The molecule has 0 amide bonds. The van der Waals surface area contributed by atoms with Crippen LogP contribution in [-0.4, -0.2) is 4.98 Å². The summed E-state index contributed by atoms with van der Waals surface area (Å²) in [4.78, 5) is 4.18. The fraction of sp³-hybridized carbons (Fsp3) is 0.231. The van der Waals surface area contributed by atoms with Crippen molar-refractivity contribution in [1.82, 2.24) is 4.98 Å². The Morgan fingerprint density at radius 3 is 2.93 bits per heavy atom. The molecular weight excluding hydrogens is 184 g/mol. The van der Waals surface area contributed by atoms with Crippen LogP contribution < -0.4 is 4.57 Å². The highest BCUT2D eigenvalue weighted by atomic mass is 15.0. The zero-order chi connectivity index (χ0) is 10.1. The minimum atomic E-state index is 0.504. The Hall–Kier alpha value is -1.70. The predicted octanol–water partition coefficient (Wildman–Crippen LogP) is 1.90. The van der Waals surface area contributed by atoms with Crippen molar-refractivity contribution >= 4 is 0 Å². The summed E-state index contributed by atoms with van der Waals surface area (Å²) in [6.45, 7) is 0. The van der Waals surface area contributed by atoms with Crippen molar-refractivity contribution in [1.29, 1.82) is 0 Å². The molecule has 2 aromatic rings. The Bertz CT molecular complexity index is 465. The number of hydrogen-bond acceptors (Lipinski definition) is 1. The highest BCUT2D eigenvalue weighted by Gasteiger charge is 2.28. The molecule has 0 bridgehead atoms. The molecule has 0 aromatic carbocycles. The van der Waals surface area contributed by atoms with E-state index in [0.29, 0.717) is 6.04 Å². The van der Waals surface area contributed by atoms with Crippen LogP contribution in [0.2, 0.25) is 0 Å². The molecule has 0 saturated carbocycles. The maximum absolute atomic E-state index is 4.18. The van der Waals surface area contributed by atoms with Crippen LogP contribution in [0.1, 0.15) is 23.6 Å². The maximum atomic E-state index is 4.18. The second kappa shape index (κ2) is 3.46. The summed E-state index contributed by atoms with van der Waals surface area (Å²) >= 11 is 0. The molecule has 0 N–H and O–H groups in total. The summed E-state index contributed by atoms with van der Waals surface area (Å²) in [5, 5.41) is 0. The third-order valence-electron chi connectivity index (χ3n) is 3.09. The molecule has 1 unspecified atom stereocenters. The van der Waals surface area contributed by atoms with Crippen molar-refractivity contribution in [2.24, 2.45) is 0 Å². The summed E-state index contributed by atoms with van der Waals surface area (Å²) in [5.41, 5.74) is 2.83. The van der Waals surface area contributed by atoms with E-state index >= 15 is 0 Å². The molecule has 3 rings (SSSR count). The van der Waals surface area contributed by atoms with Crippen LogP contribution in [0.4, 0.5) is 0 Å². The van der Waals surface area contributed by atoms with Gasteiger partial charge in [0.05, 0.1) is 0 Å². The Labute approximate surface area is 89.2 Å². The summed E-state index contributed by atoms with van der Waals surface area (Å²) in [5.74, 6) is 0. The lowest BCUT2D eigenvalue weighted by Crippen LogP contribution is -2.37. The first-order chi connectivity index (χ1) is 7.45. The quantitative estimate of drug-likeness (QED) is 0.638. The van der Waals surface area contributed by atoms with Crippen LogP contribution in [0, 0.1) is 0 Å². The van der Waals surface area contributed by atoms with Gasteiger partial charge in [-0.1, -0.05) is 6.07 Å². The molecule has 0 fully saturated rings. The Morgan fingerprint density at radius 1 is 1.20 bits per heavy atom. The zero-order valence-corrected chi connectivity index (χ0v) is 8.50.